The molecule has 1 heterocycles. The van der Waals surface area contributed by atoms with E-state index < -0.39 is 11.7 Å². The number of hydrogen-bond donors (Lipinski definition) is 0. The number of benzene rings is 1. The van der Waals surface area contributed by atoms with Crippen LogP contribution in [0, 0.1) is 0 Å². The first-order valence-electron chi connectivity index (χ1n) is 4.02. The van der Waals surface area contributed by atoms with Gasteiger partial charge >= 0.3 is 18.4 Å². The lowest BCUT2D eigenvalue weighted by Crippen LogP contribution is -2.13. The molecule has 0 spiro atoms. The minimum atomic E-state index is -4.42. The number of amidine groups is 1. The predicted octanol–water partition coefficient (Wildman–Crippen LogP) is 1.76. The zero-order valence-corrected chi connectivity index (χ0v) is 7.32. The smallest absolute Gasteiger partial charge is 0.217 e. The monoisotopic (exact) mass is 214 g/mol. The van der Waals surface area contributed by atoms with Crippen molar-refractivity contribution in [2.24, 2.45) is 4.99 Å². The Hall–Kier alpha value is -1.85. The minimum Gasteiger partial charge on any atom is -0.217 e. The van der Waals surface area contributed by atoms with Crippen molar-refractivity contribution in [2.45, 2.75) is 6.18 Å². The van der Waals surface area contributed by atoms with Gasteiger partial charge in [0, 0.05) is 4.99 Å². The Morgan fingerprint density at radius 1 is 1.20 bits per heavy atom. The van der Waals surface area contributed by atoms with Gasteiger partial charge in [-0.2, -0.15) is 13.2 Å². The highest BCUT2D eigenvalue weighted by Gasteiger charge is 2.37. The Labute approximate surface area is 82.9 Å². The van der Waals surface area contributed by atoms with Crippen molar-refractivity contribution in [1.82, 2.24) is 5.16 Å². The molecule has 1 aliphatic heterocycles. The second-order valence-corrected chi connectivity index (χ2v) is 2.80. The standard InChI is InChI=1S/C9H5F3N2O/c10-9(11,12)7-4-2-1-3-6(7)8-13-5-15-14-8/h1-5H/q+1. The Morgan fingerprint density at radius 3 is 2.53 bits per heavy atom. The summed E-state index contributed by atoms with van der Waals surface area (Å²) in [6.07, 6.45) is -3.43. The lowest BCUT2D eigenvalue weighted by atomic mass is 10.1. The van der Waals surface area contributed by atoms with Crippen molar-refractivity contribution < 1.29 is 18.0 Å². The molecule has 1 aromatic rings. The third kappa shape index (κ3) is 1.83. The number of rotatable bonds is 1. The number of alkyl halides is 3. The van der Waals surface area contributed by atoms with Gasteiger partial charge in [0.2, 0.25) is 0 Å². The molecule has 0 amide bonds. The van der Waals surface area contributed by atoms with Gasteiger partial charge in [0.1, 0.15) is 0 Å². The van der Waals surface area contributed by atoms with Crippen LogP contribution in [-0.4, -0.2) is 12.2 Å². The molecule has 2 rings (SSSR count). The van der Waals surface area contributed by atoms with E-state index in [9.17, 15) is 13.2 Å². The van der Waals surface area contributed by atoms with Crippen molar-refractivity contribution in [1.29, 1.82) is 0 Å². The van der Waals surface area contributed by atoms with Crippen LogP contribution in [0.1, 0.15) is 11.1 Å². The number of aliphatic imine (C=N–C) groups is 1. The van der Waals surface area contributed by atoms with E-state index in [1.165, 1.54) is 18.2 Å². The maximum Gasteiger partial charge on any atom is 0.421 e. The maximum atomic E-state index is 12.6. The topological polar surface area (TPSA) is 35.7 Å². The summed E-state index contributed by atoms with van der Waals surface area (Å²) in [7, 11) is 0. The molecule has 1 radical (unpaired) electrons. The van der Waals surface area contributed by atoms with E-state index in [2.05, 4.69) is 15.0 Å². The molecular formula is C9H5F3N2O+. The molecule has 0 saturated heterocycles. The van der Waals surface area contributed by atoms with E-state index in [0.29, 0.717) is 0 Å². The molecule has 0 atom stereocenters. The van der Waals surface area contributed by atoms with Crippen LogP contribution in [0.4, 0.5) is 13.2 Å². The van der Waals surface area contributed by atoms with Gasteiger partial charge in [0.05, 0.1) is 11.1 Å². The van der Waals surface area contributed by atoms with Crippen molar-refractivity contribution in [3.05, 3.63) is 35.4 Å². The molecule has 0 N–H and O–H groups in total. The van der Waals surface area contributed by atoms with Crippen LogP contribution >= 0.6 is 0 Å². The highest BCUT2D eigenvalue weighted by atomic mass is 19.4. The lowest BCUT2D eigenvalue weighted by molar-refractivity contribution is -0.137. The van der Waals surface area contributed by atoms with Crippen LogP contribution < -0.4 is 5.16 Å². The predicted molar refractivity (Wildman–Crippen MR) is 47.3 cm³/mol. The van der Waals surface area contributed by atoms with E-state index in [0.717, 1.165) is 12.5 Å². The molecule has 1 aliphatic rings. The van der Waals surface area contributed by atoms with Gasteiger partial charge in [-0.1, -0.05) is 12.1 Å². The van der Waals surface area contributed by atoms with Crippen molar-refractivity contribution in [3.63, 3.8) is 0 Å². The minimum absolute atomic E-state index is 0.0667. The molecule has 0 aliphatic carbocycles. The molecule has 0 fully saturated rings. The van der Waals surface area contributed by atoms with Gasteiger partial charge < -0.3 is 0 Å². The van der Waals surface area contributed by atoms with E-state index >= 15 is 0 Å². The molecule has 0 aromatic heterocycles. The SMILES string of the molecule is FC(F)(F)c1ccccc1C1=[N+]OC=N1. The molecular weight excluding hydrogens is 209 g/mol. The maximum absolute atomic E-state index is 12.6. The fourth-order valence-corrected chi connectivity index (χ4v) is 1.21. The summed E-state index contributed by atoms with van der Waals surface area (Å²) in [5.74, 6) is -0.0667. The van der Waals surface area contributed by atoms with Crippen LogP contribution in [0.15, 0.2) is 29.3 Å². The van der Waals surface area contributed by atoms with E-state index in [1.807, 2.05) is 0 Å². The second-order valence-electron chi connectivity index (χ2n) is 2.80. The summed E-state index contributed by atoms with van der Waals surface area (Å²) in [6, 6.07) is 5.08. The summed E-state index contributed by atoms with van der Waals surface area (Å²) >= 11 is 0. The number of nitrogens with zero attached hydrogens (tertiary/aromatic N) is 2. The van der Waals surface area contributed by atoms with Crippen LogP contribution in [-0.2, 0) is 11.0 Å². The zero-order chi connectivity index (χ0) is 10.9. The van der Waals surface area contributed by atoms with Crippen LogP contribution in [0.5, 0.6) is 0 Å². The Bertz CT molecular complexity index is 437. The molecule has 1 aromatic carbocycles. The number of halogens is 3. The van der Waals surface area contributed by atoms with Crippen molar-refractivity contribution in [2.75, 3.05) is 0 Å². The molecule has 6 heteroatoms. The van der Waals surface area contributed by atoms with Crippen molar-refractivity contribution in [3.8, 4) is 0 Å². The first-order valence-corrected chi connectivity index (χ1v) is 4.02. The number of oxime groups is 1. The van der Waals surface area contributed by atoms with Crippen LogP contribution in [0.2, 0.25) is 0 Å². The van der Waals surface area contributed by atoms with Gasteiger partial charge in [-0.25, -0.2) is 4.84 Å². The highest BCUT2D eigenvalue weighted by molar-refractivity contribution is 6.04. The fraction of sp³-hybridized carbons (Fsp3) is 0.111. The largest absolute Gasteiger partial charge is 0.421 e. The second kappa shape index (κ2) is 3.38. The highest BCUT2D eigenvalue weighted by Crippen LogP contribution is 2.32. The van der Waals surface area contributed by atoms with Gasteiger partial charge in [-0.15, -0.1) is 0 Å². The van der Waals surface area contributed by atoms with Crippen LogP contribution in [0.25, 0.3) is 0 Å². The summed E-state index contributed by atoms with van der Waals surface area (Å²) in [4.78, 5) is 7.99. The summed E-state index contributed by atoms with van der Waals surface area (Å²) in [5, 5.41) is 3.37. The summed E-state index contributed by atoms with van der Waals surface area (Å²) < 4.78 is 37.7. The Balaban J connectivity index is 2.52. The fourth-order valence-electron chi connectivity index (χ4n) is 1.21. The lowest BCUT2D eigenvalue weighted by Gasteiger charge is -2.07. The normalized spacial score (nSPS) is 15.0. The molecule has 0 bridgehead atoms. The molecule has 3 nitrogen and oxygen atoms in total. The first kappa shape index (κ1) is 9.70. The van der Waals surface area contributed by atoms with Gasteiger partial charge in [0.25, 0.3) is 0 Å². The zero-order valence-electron chi connectivity index (χ0n) is 7.32. The quantitative estimate of drug-likeness (QED) is 0.701. The van der Waals surface area contributed by atoms with Gasteiger partial charge in [-0.05, 0) is 12.1 Å². The van der Waals surface area contributed by atoms with E-state index in [1.54, 1.807) is 0 Å². The first-order chi connectivity index (χ1) is 7.09. The molecule has 77 valence electrons. The van der Waals surface area contributed by atoms with Gasteiger partial charge in [0.15, 0.2) is 5.16 Å². The van der Waals surface area contributed by atoms with Crippen LogP contribution in [0.3, 0.4) is 0 Å². The molecule has 0 unspecified atom stereocenters. The average molecular weight is 214 g/mol. The molecule has 15 heavy (non-hydrogen) atoms. The van der Waals surface area contributed by atoms with Gasteiger partial charge in [-0.3, -0.25) is 0 Å². The summed E-state index contributed by atoms with van der Waals surface area (Å²) in [6.45, 7) is 0. The number of hydrogen-bond acceptors (Lipinski definition) is 3. The third-order valence-corrected chi connectivity index (χ3v) is 1.83. The summed E-state index contributed by atoms with van der Waals surface area (Å²) in [5.41, 5.74) is -0.856. The Kier molecular flexibility index (Phi) is 2.18. The molecule has 0 saturated carbocycles. The average Bonchev–Trinajstić information content (AvgIpc) is 2.69. The van der Waals surface area contributed by atoms with E-state index in [4.69, 9.17) is 0 Å². The Morgan fingerprint density at radius 2 is 1.93 bits per heavy atom. The third-order valence-electron chi connectivity index (χ3n) is 1.83. The van der Waals surface area contributed by atoms with E-state index in [-0.39, 0.29) is 11.4 Å². The van der Waals surface area contributed by atoms with Crippen molar-refractivity contribution >= 4 is 12.2 Å².